The fraction of sp³-hybridized carbons (Fsp3) is 0.421. The number of aromatic nitrogens is 4. The maximum atomic E-state index is 13.5. The number of anilines is 1. The Balaban J connectivity index is 1.66. The molecule has 152 valence electrons. The van der Waals surface area contributed by atoms with Crippen LogP contribution in [0.2, 0.25) is 0 Å². The number of halogens is 1. The van der Waals surface area contributed by atoms with Crippen molar-refractivity contribution in [1.29, 1.82) is 0 Å². The molecule has 0 aromatic carbocycles. The predicted molar refractivity (Wildman–Crippen MR) is 107 cm³/mol. The lowest BCUT2D eigenvalue weighted by Gasteiger charge is -2.17. The number of likely N-dealkylation sites (tertiary alicyclic amines) is 1. The van der Waals surface area contributed by atoms with E-state index in [2.05, 4.69) is 25.3 Å². The molecule has 4 heterocycles. The van der Waals surface area contributed by atoms with Gasteiger partial charge in [-0.25, -0.2) is 14.4 Å². The second-order valence-electron chi connectivity index (χ2n) is 6.98. The van der Waals surface area contributed by atoms with Crippen molar-refractivity contribution in [1.82, 2.24) is 24.8 Å². The van der Waals surface area contributed by atoms with Crippen LogP contribution in [0, 0.1) is 12.7 Å². The van der Waals surface area contributed by atoms with Crippen molar-refractivity contribution < 1.29 is 13.9 Å². The molecule has 0 bridgehead atoms. The Kier molecular flexibility index (Phi) is 5.37. The molecule has 2 atom stereocenters. The second kappa shape index (κ2) is 7.96. The van der Waals surface area contributed by atoms with Crippen LogP contribution in [0.25, 0.3) is 10.3 Å². The molecule has 0 spiro atoms. The third-order valence-electron chi connectivity index (χ3n) is 4.90. The highest BCUT2D eigenvalue weighted by molar-refractivity contribution is 7.18. The van der Waals surface area contributed by atoms with Gasteiger partial charge in [-0.15, -0.1) is 11.3 Å². The van der Waals surface area contributed by atoms with Gasteiger partial charge in [0.1, 0.15) is 10.5 Å². The first-order valence-corrected chi connectivity index (χ1v) is 10.1. The molecule has 29 heavy (non-hydrogen) atoms. The van der Waals surface area contributed by atoms with Gasteiger partial charge in [0.05, 0.1) is 23.4 Å². The lowest BCUT2D eigenvalue weighted by Crippen LogP contribution is -2.31. The summed E-state index contributed by atoms with van der Waals surface area (Å²) in [5.41, 5.74) is 1.45. The van der Waals surface area contributed by atoms with Gasteiger partial charge in [0.2, 0.25) is 5.95 Å². The average Bonchev–Trinajstić information content (AvgIpc) is 3.32. The number of nitrogens with one attached hydrogen (secondary N) is 1. The van der Waals surface area contributed by atoms with Crippen LogP contribution in [0.1, 0.15) is 40.4 Å². The Morgan fingerprint density at radius 3 is 2.93 bits per heavy atom. The van der Waals surface area contributed by atoms with Crippen molar-refractivity contribution in [2.24, 2.45) is 0 Å². The van der Waals surface area contributed by atoms with Crippen LogP contribution in [-0.2, 0) is 4.74 Å². The van der Waals surface area contributed by atoms with Crippen molar-refractivity contribution >= 4 is 33.5 Å². The smallest absolute Gasteiger partial charge is 0.274 e. The van der Waals surface area contributed by atoms with Crippen LogP contribution in [-0.4, -0.2) is 57.0 Å². The number of rotatable bonds is 5. The molecule has 10 heteroatoms. The Hall–Kier alpha value is -2.72. The molecule has 8 nitrogen and oxygen atoms in total. The summed E-state index contributed by atoms with van der Waals surface area (Å²) in [6.45, 7) is 4.87. The highest BCUT2D eigenvalue weighted by atomic mass is 32.1. The summed E-state index contributed by atoms with van der Waals surface area (Å²) >= 11 is 1.40. The van der Waals surface area contributed by atoms with Crippen molar-refractivity contribution in [2.45, 2.75) is 32.4 Å². The monoisotopic (exact) mass is 416 g/mol. The minimum Gasteiger partial charge on any atom is -0.380 e. The molecule has 1 aliphatic rings. The Labute approximate surface area is 171 Å². The van der Waals surface area contributed by atoms with E-state index in [1.54, 1.807) is 18.2 Å². The van der Waals surface area contributed by atoms with Gasteiger partial charge in [-0.1, -0.05) is 0 Å². The average molecular weight is 416 g/mol. The fourth-order valence-electron chi connectivity index (χ4n) is 3.33. The van der Waals surface area contributed by atoms with Gasteiger partial charge >= 0.3 is 0 Å². The summed E-state index contributed by atoms with van der Waals surface area (Å²) in [5, 5.41) is 3.94. The van der Waals surface area contributed by atoms with Crippen molar-refractivity contribution in [3.8, 4) is 0 Å². The highest BCUT2D eigenvalue weighted by Gasteiger charge is 2.30. The lowest BCUT2D eigenvalue weighted by molar-refractivity contribution is 0.0721. The van der Waals surface area contributed by atoms with Crippen molar-refractivity contribution in [2.75, 3.05) is 25.5 Å². The van der Waals surface area contributed by atoms with E-state index >= 15 is 0 Å². The third kappa shape index (κ3) is 4.03. The van der Waals surface area contributed by atoms with E-state index in [1.807, 2.05) is 13.8 Å². The van der Waals surface area contributed by atoms with E-state index in [-0.39, 0.29) is 24.0 Å². The largest absolute Gasteiger partial charge is 0.380 e. The maximum Gasteiger partial charge on any atom is 0.274 e. The van der Waals surface area contributed by atoms with E-state index in [0.29, 0.717) is 34.7 Å². The van der Waals surface area contributed by atoms with Gasteiger partial charge in [-0.3, -0.25) is 9.78 Å². The van der Waals surface area contributed by atoms with E-state index in [9.17, 15) is 9.18 Å². The summed E-state index contributed by atoms with van der Waals surface area (Å²) < 4.78 is 19.5. The van der Waals surface area contributed by atoms with Crippen molar-refractivity contribution in [3.63, 3.8) is 0 Å². The molecule has 1 saturated heterocycles. The minimum absolute atomic E-state index is 0.0394. The zero-order chi connectivity index (χ0) is 20.5. The van der Waals surface area contributed by atoms with Crippen LogP contribution < -0.4 is 5.32 Å². The molecule has 3 aromatic heterocycles. The van der Waals surface area contributed by atoms with E-state index < -0.39 is 5.82 Å². The number of nitrogens with zero attached hydrogens (tertiary/aromatic N) is 5. The first kappa shape index (κ1) is 19.6. The Bertz CT molecular complexity index is 1060. The van der Waals surface area contributed by atoms with E-state index in [4.69, 9.17) is 4.74 Å². The lowest BCUT2D eigenvalue weighted by atomic mass is 10.1. The molecule has 1 fully saturated rings. The van der Waals surface area contributed by atoms with Gasteiger partial charge < -0.3 is 15.0 Å². The number of thiazole rings is 1. The SMILES string of the molecule is CO[C@@H]1CCN(C(=O)c2nc(NC(C)c3cncc(F)c3)nc3nc(C)sc23)C1. The first-order chi connectivity index (χ1) is 13.9. The third-order valence-corrected chi connectivity index (χ3v) is 5.87. The molecule has 0 saturated carbocycles. The molecule has 4 rings (SSSR count). The number of pyridine rings is 1. The van der Waals surface area contributed by atoms with Crippen LogP contribution in [0.3, 0.4) is 0 Å². The molecule has 1 unspecified atom stereocenters. The second-order valence-corrected chi connectivity index (χ2v) is 8.18. The molecule has 0 aliphatic carbocycles. The molecular formula is C19H21FN6O2S. The molecule has 1 amide bonds. The number of ether oxygens (including phenoxy) is 1. The summed E-state index contributed by atoms with van der Waals surface area (Å²) in [7, 11) is 1.65. The van der Waals surface area contributed by atoms with Gasteiger partial charge in [-0.2, -0.15) is 4.98 Å². The summed E-state index contributed by atoms with van der Waals surface area (Å²) in [6.07, 6.45) is 3.56. The van der Waals surface area contributed by atoms with Crippen LogP contribution in [0.5, 0.6) is 0 Å². The van der Waals surface area contributed by atoms with Crippen LogP contribution in [0.4, 0.5) is 10.3 Å². The number of methoxy groups -OCH3 is 1. The normalized spacial score (nSPS) is 17.7. The fourth-order valence-corrected chi connectivity index (χ4v) is 4.17. The van der Waals surface area contributed by atoms with E-state index in [1.165, 1.54) is 17.4 Å². The summed E-state index contributed by atoms with van der Waals surface area (Å²) in [6, 6.07) is 1.10. The highest BCUT2D eigenvalue weighted by Crippen LogP contribution is 2.28. The zero-order valence-electron chi connectivity index (χ0n) is 16.3. The van der Waals surface area contributed by atoms with Crippen LogP contribution >= 0.6 is 11.3 Å². The zero-order valence-corrected chi connectivity index (χ0v) is 17.2. The molecule has 1 N–H and O–H groups in total. The number of carbonyl (C=O) groups excluding carboxylic acids is 1. The molecule has 0 radical (unpaired) electrons. The summed E-state index contributed by atoms with van der Waals surface area (Å²) in [4.78, 5) is 32.2. The maximum absolute atomic E-state index is 13.5. The topological polar surface area (TPSA) is 93.1 Å². The van der Waals surface area contributed by atoms with Gasteiger partial charge in [-0.05, 0) is 31.9 Å². The van der Waals surface area contributed by atoms with Gasteiger partial charge in [0.15, 0.2) is 11.3 Å². The molecular weight excluding hydrogens is 395 g/mol. The quantitative estimate of drug-likeness (QED) is 0.683. The molecule has 3 aromatic rings. The summed E-state index contributed by atoms with van der Waals surface area (Å²) in [5.74, 6) is -0.311. The number of hydrogen-bond donors (Lipinski definition) is 1. The first-order valence-electron chi connectivity index (χ1n) is 9.29. The van der Waals surface area contributed by atoms with E-state index in [0.717, 1.165) is 17.6 Å². The van der Waals surface area contributed by atoms with Gasteiger partial charge in [0, 0.05) is 26.4 Å². The minimum atomic E-state index is -0.416. The number of hydrogen-bond acceptors (Lipinski definition) is 8. The Morgan fingerprint density at radius 2 is 2.21 bits per heavy atom. The number of amides is 1. The van der Waals surface area contributed by atoms with Gasteiger partial charge in [0.25, 0.3) is 5.91 Å². The Morgan fingerprint density at radius 1 is 1.38 bits per heavy atom. The number of fused-ring (bicyclic) bond motifs is 1. The van der Waals surface area contributed by atoms with Crippen LogP contribution in [0.15, 0.2) is 18.5 Å². The predicted octanol–water partition coefficient (Wildman–Crippen LogP) is 2.96. The van der Waals surface area contributed by atoms with Crippen molar-refractivity contribution in [3.05, 3.63) is 40.5 Å². The number of aryl methyl sites for hydroxylation is 1. The molecule has 1 aliphatic heterocycles. The number of carbonyl (C=O) groups is 1. The standard InChI is InChI=1S/C19H21FN6O2S/c1-10(12-6-13(20)8-21-7-12)22-19-24-15(16-17(25-19)23-11(2)29-16)18(27)26-5-4-14(9-26)28-3/h6-8,10,14H,4-5,9H2,1-3H3,(H,22,24,25)/t10?,14-/m1/s1.